The highest BCUT2D eigenvalue weighted by atomic mass is 32.2. The fraction of sp³-hybridized carbons (Fsp3) is 0.538. The lowest BCUT2D eigenvalue weighted by molar-refractivity contribution is 0.597. The van der Waals surface area contributed by atoms with Crippen molar-refractivity contribution < 1.29 is 8.60 Å². The fourth-order valence-corrected chi connectivity index (χ4v) is 3.28. The first-order valence-corrected chi connectivity index (χ1v) is 7.68. The van der Waals surface area contributed by atoms with Crippen molar-refractivity contribution in [2.45, 2.75) is 13.0 Å². The highest BCUT2D eigenvalue weighted by molar-refractivity contribution is 7.85. The third-order valence-corrected chi connectivity index (χ3v) is 4.69. The maximum atomic E-state index is 14.1. The van der Waals surface area contributed by atoms with Gasteiger partial charge in [0.2, 0.25) is 0 Å². The summed E-state index contributed by atoms with van der Waals surface area (Å²) >= 11 is 0. The van der Waals surface area contributed by atoms with Gasteiger partial charge in [-0.2, -0.15) is 0 Å². The maximum absolute atomic E-state index is 14.1. The van der Waals surface area contributed by atoms with Gasteiger partial charge in [0, 0.05) is 41.4 Å². The van der Waals surface area contributed by atoms with Gasteiger partial charge in [0.15, 0.2) is 0 Å². The molecule has 3 nitrogen and oxygen atoms in total. The van der Waals surface area contributed by atoms with Gasteiger partial charge in [0.05, 0.1) is 5.69 Å². The summed E-state index contributed by atoms with van der Waals surface area (Å²) in [6, 6.07) is 5.28. The molecule has 1 aliphatic rings. The van der Waals surface area contributed by atoms with Crippen LogP contribution < -0.4 is 10.2 Å². The lowest BCUT2D eigenvalue weighted by Gasteiger charge is -2.31. The third-order valence-electron chi connectivity index (χ3n) is 3.41. The first-order valence-electron chi connectivity index (χ1n) is 6.19. The summed E-state index contributed by atoms with van der Waals surface area (Å²) in [6.07, 6.45) is 0. The van der Waals surface area contributed by atoms with Crippen molar-refractivity contribution in [1.82, 2.24) is 5.32 Å². The zero-order chi connectivity index (χ0) is 13.1. The van der Waals surface area contributed by atoms with E-state index in [0.717, 1.165) is 5.56 Å². The SMILES string of the molecule is CNC(C)c1cccc(F)c1N1CCS(=O)CC1. The molecule has 0 bridgehead atoms. The Morgan fingerprint density at radius 1 is 1.39 bits per heavy atom. The molecule has 2 rings (SSSR count). The Bertz CT molecular complexity index is 443. The number of benzene rings is 1. The minimum Gasteiger partial charge on any atom is -0.367 e. The van der Waals surface area contributed by atoms with Gasteiger partial charge in [-0.1, -0.05) is 12.1 Å². The molecule has 100 valence electrons. The highest BCUT2D eigenvalue weighted by Crippen LogP contribution is 2.29. The van der Waals surface area contributed by atoms with Crippen LogP contribution in [0.2, 0.25) is 0 Å². The molecule has 0 spiro atoms. The van der Waals surface area contributed by atoms with Crippen LogP contribution in [0.25, 0.3) is 0 Å². The molecule has 1 aromatic rings. The summed E-state index contributed by atoms with van der Waals surface area (Å²) in [5.41, 5.74) is 1.63. The molecule has 1 aromatic carbocycles. The predicted molar refractivity (Wildman–Crippen MR) is 74.0 cm³/mol. The second-order valence-electron chi connectivity index (χ2n) is 4.52. The number of hydrogen-bond acceptors (Lipinski definition) is 3. The van der Waals surface area contributed by atoms with E-state index in [0.29, 0.717) is 30.3 Å². The summed E-state index contributed by atoms with van der Waals surface area (Å²) < 4.78 is 25.5. The van der Waals surface area contributed by atoms with E-state index in [2.05, 4.69) is 5.32 Å². The molecule has 18 heavy (non-hydrogen) atoms. The van der Waals surface area contributed by atoms with E-state index in [-0.39, 0.29) is 11.9 Å². The average Bonchev–Trinajstić information content (AvgIpc) is 2.39. The molecular weight excluding hydrogens is 251 g/mol. The summed E-state index contributed by atoms with van der Waals surface area (Å²) in [5, 5.41) is 3.14. The molecule has 0 saturated carbocycles. The van der Waals surface area contributed by atoms with Crippen LogP contribution in [0.4, 0.5) is 10.1 Å². The molecule has 0 aromatic heterocycles. The van der Waals surface area contributed by atoms with Gasteiger partial charge in [-0.25, -0.2) is 4.39 Å². The monoisotopic (exact) mass is 270 g/mol. The van der Waals surface area contributed by atoms with Crippen LogP contribution in [0.15, 0.2) is 18.2 Å². The van der Waals surface area contributed by atoms with Gasteiger partial charge < -0.3 is 10.2 Å². The Labute approximate surface area is 110 Å². The summed E-state index contributed by atoms with van der Waals surface area (Å²) in [5.74, 6) is 1.06. The van der Waals surface area contributed by atoms with Gasteiger partial charge in [-0.05, 0) is 25.6 Å². The van der Waals surface area contributed by atoms with Crippen LogP contribution in [0.1, 0.15) is 18.5 Å². The normalized spacial score (nSPS) is 18.9. The van der Waals surface area contributed by atoms with Gasteiger partial charge in [-0.3, -0.25) is 4.21 Å². The van der Waals surface area contributed by atoms with Crippen LogP contribution in [0.3, 0.4) is 0 Å². The molecule has 5 heteroatoms. The predicted octanol–water partition coefficient (Wildman–Crippen LogP) is 1.67. The number of halogens is 1. The van der Waals surface area contributed by atoms with Crippen LogP contribution in [-0.2, 0) is 10.8 Å². The maximum Gasteiger partial charge on any atom is 0.146 e. The Balaban J connectivity index is 2.33. The number of anilines is 1. The van der Waals surface area contributed by atoms with E-state index in [1.54, 1.807) is 6.07 Å². The van der Waals surface area contributed by atoms with Crippen LogP contribution >= 0.6 is 0 Å². The van der Waals surface area contributed by atoms with Gasteiger partial charge in [-0.15, -0.1) is 0 Å². The first-order chi connectivity index (χ1) is 8.63. The van der Waals surface area contributed by atoms with Crippen LogP contribution in [0, 0.1) is 5.82 Å². The Morgan fingerprint density at radius 3 is 2.67 bits per heavy atom. The average molecular weight is 270 g/mol. The minimum atomic E-state index is -0.740. The van der Waals surface area contributed by atoms with Gasteiger partial charge in [0.1, 0.15) is 5.82 Å². The van der Waals surface area contributed by atoms with Gasteiger partial charge in [0.25, 0.3) is 0 Å². The van der Waals surface area contributed by atoms with E-state index in [1.165, 1.54) is 6.07 Å². The van der Waals surface area contributed by atoms with Crippen LogP contribution in [-0.4, -0.2) is 35.9 Å². The molecule has 1 aliphatic heterocycles. The summed E-state index contributed by atoms with van der Waals surface area (Å²) in [6.45, 7) is 3.34. The van der Waals surface area contributed by atoms with Crippen molar-refractivity contribution in [3.05, 3.63) is 29.6 Å². The molecule has 1 unspecified atom stereocenters. The number of rotatable bonds is 3. The van der Waals surface area contributed by atoms with E-state index < -0.39 is 10.8 Å². The zero-order valence-electron chi connectivity index (χ0n) is 10.8. The number of para-hydroxylation sites is 1. The van der Waals surface area contributed by atoms with Crippen LogP contribution in [0.5, 0.6) is 0 Å². The molecule has 1 heterocycles. The number of nitrogens with zero attached hydrogens (tertiary/aromatic N) is 1. The van der Waals surface area contributed by atoms with E-state index in [4.69, 9.17) is 0 Å². The molecular formula is C13H19FN2OS. The molecule has 1 fully saturated rings. The summed E-state index contributed by atoms with van der Waals surface area (Å²) in [4.78, 5) is 2.01. The second-order valence-corrected chi connectivity index (χ2v) is 6.22. The molecule has 1 atom stereocenters. The first kappa shape index (κ1) is 13.5. The van der Waals surface area contributed by atoms with Crippen molar-refractivity contribution in [1.29, 1.82) is 0 Å². The van der Waals surface area contributed by atoms with Crippen molar-refractivity contribution in [2.24, 2.45) is 0 Å². The largest absolute Gasteiger partial charge is 0.367 e. The van der Waals surface area contributed by atoms with Crippen molar-refractivity contribution >= 4 is 16.5 Å². The number of nitrogens with one attached hydrogen (secondary N) is 1. The molecule has 0 aliphatic carbocycles. The van der Waals surface area contributed by atoms with Crippen molar-refractivity contribution in [3.63, 3.8) is 0 Å². The fourth-order valence-electron chi connectivity index (χ4n) is 2.23. The standard InChI is InChI=1S/C13H19FN2OS/c1-10(15-2)11-4-3-5-12(14)13(11)16-6-8-18(17)9-7-16/h3-5,10,15H,6-9H2,1-2H3. The number of hydrogen-bond donors (Lipinski definition) is 1. The van der Waals surface area contributed by atoms with Crippen molar-refractivity contribution in [2.75, 3.05) is 36.5 Å². The van der Waals surface area contributed by atoms with Crippen molar-refractivity contribution in [3.8, 4) is 0 Å². The quantitative estimate of drug-likeness (QED) is 0.907. The minimum absolute atomic E-state index is 0.100. The smallest absolute Gasteiger partial charge is 0.146 e. The summed E-state index contributed by atoms with van der Waals surface area (Å²) in [7, 11) is 1.13. The molecule has 1 saturated heterocycles. The van der Waals surface area contributed by atoms with Gasteiger partial charge >= 0.3 is 0 Å². The Hall–Kier alpha value is -0.940. The third kappa shape index (κ3) is 2.72. The second kappa shape index (κ2) is 5.80. The Morgan fingerprint density at radius 2 is 2.06 bits per heavy atom. The lowest BCUT2D eigenvalue weighted by Crippen LogP contribution is -2.39. The topological polar surface area (TPSA) is 32.3 Å². The molecule has 0 amide bonds. The van der Waals surface area contributed by atoms with E-state index in [9.17, 15) is 8.60 Å². The Kier molecular flexibility index (Phi) is 4.35. The van der Waals surface area contributed by atoms with E-state index in [1.807, 2.05) is 24.9 Å². The molecule has 0 radical (unpaired) electrons. The van der Waals surface area contributed by atoms with E-state index >= 15 is 0 Å². The molecule has 1 N–H and O–H groups in total. The zero-order valence-corrected chi connectivity index (χ0v) is 11.6. The highest BCUT2D eigenvalue weighted by Gasteiger charge is 2.22. The lowest BCUT2D eigenvalue weighted by atomic mass is 10.0.